The molecule has 8 aromatic carbocycles. The van der Waals surface area contributed by atoms with E-state index in [0.717, 1.165) is 12.8 Å². The lowest BCUT2D eigenvalue weighted by molar-refractivity contribution is 0.761. The van der Waals surface area contributed by atoms with E-state index in [1.54, 1.807) is 0 Å². The van der Waals surface area contributed by atoms with Crippen molar-refractivity contribution in [3.63, 3.8) is 0 Å². The van der Waals surface area contributed by atoms with Crippen molar-refractivity contribution in [3.05, 3.63) is 157 Å². The molecule has 0 saturated heterocycles. The van der Waals surface area contributed by atoms with E-state index in [4.69, 9.17) is 0 Å². The second-order valence-corrected chi connectivity index (χ2v) is 13.8. The molecule has 0 fully saturated rings. The van der Waals surface area contributed by atoms with Gasteiger partial charge in [0.15, 0.2) is 0 Å². The van der Waals surface area contributed by atoms with Gasteiger partial charge in [-0.1, -0.05) is 121 Å². The highest BCUT2D eigenvalue weighted by Crippen LogP contribution is 2.52. The largest absolute Gasteiger partial charge is 0.338 e. The predicted octanol–water partition coefficient (Wildman–Crippen LogP) is 12.1. The second-order valence-electron chi connectivity index (χ2n) is 13.8. The van der Waals surface area contributed by atoms with Crippen LogP contribution in [0.2, 0.25) is 0 Å². The van der Waals surface area contributed by atoms with Crippen molar-refractivity contribution in [1.82, 2.24) is 0 Å². The van der Waals surface area contributed by atoms with E-state index >= 15 is 0 Å². The summed E-state index contributed by atoms with van der Waals surface area (Å²) in [6.07, 6.45) is 2.10. The first-order valence-electron chi connectivity index (χ1n) is 17.3. The molecule has 2 heteroatoms. The fourth-order valence-electron chi connectivity index (χ4n) is 8.93. The fourth-order valence-corrected chi connectivity index (χ4v) is 8.93. The highest BCUT2D eigenvalue weighted by Gasteiger charge is 2.32. The minimum Gasteiger partial charge on any atom is -0.338 e. The summed E-state index contributed by atoms with van der Waals surface area (Å²) >= 11 is 0. The number of fused-ring (bicyclic) bond motifs is 2. The Morgan fingerprint density at radius 2 is 0.771 bits per heavy atom. The molecule has 0 N–H and O–H groups in total. The van der Waals surface area contributed by atoms with E-state index in [1.807, 2.05) is 0 Å². The zero-order chi connectivity index (χ0) is 31.9. The lowest BCUT2D eigenvalue weighted by atomic mass is 9.85. The summed E-state index contributed by atoms with van der Waals surface area (Å²) in [6, 6.07) is 55.2. The van der Waals surface area contributed by atoms with Gasteiger partial charge in [0, 0.05) is 56.4 Å². The van der Waals surface area contributed by atoms with Gasteiger partial charge in [-0.25, -0.2) is 0 Å². The van der Waals surface area contributed by atoms with Gasteiger partial charge >= 0.3 is 0 Å². The summed E-state index contributed by atoms with van der Waals surface area (Å²) in [5.74, 6) is 0. The molecular formula is C46H36N2. The number of hydrogen-bond acceptors (Lipinski definition) is 2. The number of anilines is 4. The number of hydrogen-bond donors (Lipinski definition) is 0. The van der Waals surface area contributed by atoms with Crippen molar-refractivity contribution in [2.75, 3.05) is 9.80 Å². The van der Waals surface area contributed by atoms with E-state index in [9.17, 15) is 0 Å². The van der Waals surface area contributed by atoms with Crippen molar-refractivity contribution in [1.29, 1.82) is 0 Å². The maximum Gasteiger partial charge on any atom is 0.0500 e. The molecule has 0 saturated carbocycles. The van der Waals surface area contributed by atoms with Crippen molar-refractivity contribution in [2.45, 2.75) is 38.8 Å². The predicted molar refractivity (Wildman–Crippen MR) is 205 cm³/mol. The Balaban J connectivity index is 1.36. The van der Waals surface area contributed by atoms with Crippen LogP contribution >= 0.6 is 0 Å². The molecule has 2 nitrogen and oxygen atoms in total. The van der Waals surface area contributed by atoms with Crippen molar-refractivity contribution >= 4 is 55.1 Å². The molecule has 0 aromatic heterocycles. The van der Waals surface area contributed by atoms with Crippen LogP contribution in [0, 0.1) is 0 Å². The number of para-hydroxylation sites is 2. The molecule has 10 rings (SSSR count). The van der Waals surface area contributed by atoms with Gasteiger partial charge < -0.3 is 9.80 Å². The molecule has 2 atom stereocenters. The minimum absolute atomic E-state index is 0.363. The van der Waals surface area contributed by atoms with Crippen LogP contribution in [0.5, 0.6) is 0 Å². The molecule has 230 valence electrons. The molecule has 2 aliphatic heterocycles. The van der Waals surface area contributed by atoms with Crippen LogP contribution in [0.3, 0.4) is 0 Å². The third-order valence-electron chi connectivity index (χ3n) is 11.0. The fraction of sp³-hybridized carbons (Fsp3) is 0.130. The summed E-state index contributed by atoms with van der Waals surface area (Å²) in [6.45, 7) is 4.75. The Labute approximate surface area is 281 Å². The van der Waals surface area contributed by atoms with Gasteiger partial charge in [0.25, 0.3) is 0 Å². The Morgan fingerprint density at radius 3 is 1.21 bits per heavy atom. The maximum absolute atomic E-state index is 2.60. The SMILES string of the molecule is CC1Cc2ccccc2N1c1cc(-c2ccccc2)c2ccc3c(N4c5ccccc5CC4C)cc(-c4ccccc4)c4ccc1c2c43. The summed E-state index contributed by atoms with van der Waals surface area (Å²) in [7, 11) is 0. The number of benzene rings is 8. The molecule has 0 aliphatic carbocycles. The second kappa shape index (κ2) is 10.5. The number of nitrogens with zero attached hydrogens (tertiary/aromatic N) is 2. The third kappa shape index (κ3) is 3.93. The van der Waals surface area contributed by atoms with E-state index in [0.29, 0.717) is 12.1 Å². The van der Waals surface area contributed by atoms with E-state index in [2.05, 4.69) is 169 Å². The average molecular weight is 617 g/mol. The zero-order valence-electron chi connectivity index (χ0n) is 27.3. The van der Waals surface area contributed by atoms with E-state index in [-0.39, 0.29) is 0 Å². The lowest BCUT2D eigenvalue weighted by Gasteiger charge is -2.31. The molecule has 0 radical (unpaired) electrons. The van der Waals surface area contributed by atoms with Crippen LogP contribution in [-0.2, 0) is 12.8 Å². The summed E-state index contributed by atoms with van der Waals surface area (Å²) in [5.41, 5.74) is 13.2. The first-order valence-corrected chi connectivity index (χ1v) is 17.3. The highest BCUT2D eigenvalue weighted by atomic mass is 15.2. The van der Waals surface area contributed by atoms with E-state index in [1.165, 1.54) is 88.4 Å². The Morgan fingerprint density at radius 1 is 0.396 bits per heavy atom. The monoisotopic (exact) mass is 616 g/mol. The Bertz CT molecular complexity index is 2320. The summed E-state index contributed by atoms with van der Waals surface area (Å²) in [5, 5.41) is 7.97. The molecule has 0 amide bonds. The van der Waals surface area contributed by atoms with Crippen LogP contribution in [0.15, 0.2) is 146 Å². The molecule has 48 heavy (non-hydrogen) atoms. The average Bonchev–Trinajstić information content (AvgIpc) is 3.65. The smallest absolute Gasteiger partial charge is 0.0500 e. The van der Waals surface area contributed by atoms with Crippen molar-refractivity contribution in [2.24, 2.45) is 0 Å². The van der Waals surface area contributed by atoms with Gasteiger partial charge in [-0.15, -0.1) is 0 Å². The first kappa shape index (κ1) is 27.5. The quantitative estimate of drug-likeness (QED) is 0.182. The molecule has 0 bridgehead atoms. The van der Waals surface area contributed by atoms with Gasteiger partial charge in [0.05, 0.1) is 0 Å². The van der Waals surface area contributed by atoms with Gasteiger partial charge in [0.1, 0.15) is 0 Å². The Kier molecular flexibility index (Phi) is 5.99. The normalized spacial score (nSPS) is 17.1. The van der Waals surface area contributed by atoms with Crippen LogP contribution in [-0.4, -0.2) is 12.1 Å². The lowest BCUT2D eigenvalue weighted by Crippen LogP contribution is -2.24. The Hall–Kier alpha value is -5.60. The molecule has 8 aromatic rings. The topological polar surface area (TPSA) is 6.48 Å². The zero-order valence-corrected chi connectivity index (χ0v) is 27.3. The van der Waals surface area contributed by atoms with Gasteiger partial charge in [0.2, 0.25) is 0 Å². The molecule has 2 aliphatic rings. The van der Waals surface area contributed by atoms with Crippen LogP contribution < -0.4 is 9.80 Å². The van der Waals surface area contributed by atoms with Gasteiger partial charge in [-0.2, -0.15) is 0 Å². The van der Waals surface area contributed by atoms with Crippen molar-refractivity contribution < 1.29 is 0 Å². The van der Waals surface area contributed by atoms with Crippen LogP contribution in [0.25, 0.3) is 54.6 Å². The maximum atomic E-state index is 2.60. The van der Waals surface area contributed by atoms with E-state index < -0.39 is 0 Å². The highest BCUT2D eigenvalue weighted by molar-refractivity contribution is 6.32. The van der Waals surface area contributed by atoms with Crippen molar-refractivity contribution in [3.8, 4) is 22.3 Å². The molecule has 2 heterocycles. The van der Waals surface area contributed by atoms with Gasteiger partial charge in [-0.05, 0) is 95.1 Å². The first-order chi connectivity index (χ1) is 23.7. The molecule has 0 spiro atoms. The molecule has 2 unspecified atom stereocenters. The number of rotatable bonds is 4. The minimum atomic E-state index is 0.363. The molecular weight excluding hydrogens is 581 g/mol. The van der Waals surface area contributed by atoms with Crippen LogP contribution in [0.4, 0.5) is 22.7 Å². The standard InChI is InChI=1S/C46H36N2/c1-29-25-33-17-9-11-19-41(33)47(29)43-27-39(31-13-5-3-6-14-31)35-22-24-38-44(48-30(2)26-34-18-10-12-20-42(34)48)28-40(32-15-7-4-8-16-32)36-21-23-37(43)45(35)46(36)38/h3-24,27-30H,25-26H2,1-2H3. The van der Waals surface area contributed by atoms with Gasteiger partial charge in [-0.3, -0.25) is 0 Å². The third-order valence-corrected chi connectivity index (χ3v) is 11.0. The summed E-state index contributed by atoms with van der Waals surface area (Å²) < 4.78 is 0. The van der Waals surface area contributed by atoms with Crippen LogP contribution in [0.1, 0.15) is 25.0 Å². The summed E-state index contributed by atoms with van der Waals surface area (Å²) in [4.78, 5) is 5.21.